The number of amides is 1. The van der Waals surface area contributed by atoms with Crippen LogP contribution < -0.4 is 5.32 Å². The number of aromatic nitrogens is 4. The van der Waals surface area contributed by atoms with Crippen LogP contribution in [-0.4, -0.2) is 57.6 Å². The molecule has 1 amide bonds. The van der Waals surface area contributed by atoms with Gasteiger partial charge in [0.25, 0.3) is 5.91 Å². The fourth-order valence-corrected chi connectivity index (χ4v) is 2.99. The zero-order valence-electron chi connectivity index (χ0n) is 16.9. The molecule has 0 saturated heterocycles. The molecule has 9 nitrogen and oxygen atoms in total. The van der Waals surface area contributed by atoms with E-state index in [9.17, 15) is 31.1 Å². The summed E-state index contributed by atoms with van der Waals surface area (Å²) in [5, 5.41) is 10.2. The quantitative estimate of drug-likeness (QED) is 0.517. The Morgan fingerprint density at radius 3 is 2.61 bits per heavy atom. The molecule has 0 spiro atoms. The van der Waals surface area contributed by atoms with Gasteiger partial charge < -0.3 is 14.3 Å². The van der Waals surface area contributed by atoms with Crippen molar-refractivity contribution in [2.24, 2.45) is 0 Å². The van der Waals surface area contributed by atoms with Crippen LogP contribution in [0.5, 0.6) is 0 Å². The lowest BCUT2D eigenvalue weighted by molar-refractivity contribution is -0.352. The summed E-state index contributed by atoms with van der Waals surface area (Å²) in [4.78, 5) is 15.9. The van der Waals surface area contributed by atoms with Crippen LogP contribution in [-0.2, 0) is 16.0 Å². The number of carbonyl (C=O) groups is 1. The van der Waals surface area contributed by atoms with Crippen LogP contribution in [0.2, 0.25) is 0 Å². The van der Waals surface area contributed by atoms with Gasteiger partial charge in [0.15, 0.2) is 0 Å². The average Bonchev–Trinajstić information content (AvgIpc) is 3.32. The van der Waals surface area contributed by atoms with Crippen LogP contribution in [0.3, 0.4) is 0 Å². The highest BCUT2D eigenvalue weighted by Gasteiger charge is 2.42. The largest absolute Gasteiger partial charge is 0.522 e. The van der Waals surface area contributed by atoms with Gasteiger partial charge in [0.05, 0.1) is 19.0 Å². The maximum absolute atomic E-state index is 12.2. The van der Waals surface area contributed by atoms with E-state index in [2.05, 4.69) is 36.6 Å². The Morgan fingerprint density at radius 1 is 1.21 bits per heavy atom. The van der Waals surface area contributed by atoms with E-state index in [0.717, 1.165) is 0 Å². The number of nitrogens with one attached hydrogen (secondary N) is 1. The standard InChI is InChI=1S/C18H19F6N5O4/c1-10(15-27-28-16(32-15)11-6-12(7-11)33-18(22,23)24)2-3-25-14(30)13-8-29(9-26-13)4-5-31-17(19,20)21/h8-9,11-12H,1-7H2,(H,25,30)/t11-,12+. The predicted octanol–water partition coefficient (Wildman–Crippen LogP) is 3.42. The summed E-state index contributed by atoms with van der Waals surface area (Å²) >= 11 is 0. The van der Waals surface area contributed by atoms with Crippen molar-refractivity contribution in [1.29, 1.82) is 0 Å². The van der Waals surface area contributed by atoms with Crippen LogP contribution in [0, 0.1) is 0 Å². The topological polar surface area (TPSA) is 104 Å². The number of halogens is 6. The first kappa shape index (κ1) is 24.7. The van der Waals surface area contributed by atoms with Crippen molar-refractivity contribution >= 4 is 11.5 Å². The second kappa shape index (κ2) is 9.91. The Balaban J connectivity index is 1.38. The maximum Gasteiger partial charge on any atom is 0.522 e. The molecule has 33 heavy (non-hydrogen) atoms. The number of rotatable bonds is 10. The number of alkyl halides is 6. The molecule has 0 radical (unpaired) electrons. The highest BCUT2D eigenvalue weighted by Crippen LogP contribution is 2.41. The van der Waals surface area contributed by atoms with Crippen LogP contribution in [0.15, 0.2) is 23.5 Å². The molecule has 2 aromatic heterocycles. The molecule has 0 aromatic carbocycles. The SMILES string of the molecule is C=C(CCNC(=O)c1cn(CCOC(F)(F)F)cn1)c1nnc([C@H]2C[C@@H](OC(F)(F)F)C2)o1. The van der Waals surface area contributed by atoms with E-state index in [-0.39, 0.29) is 55.7 Å². The summed E-state index contributed by atoms with van der Waals surface area (Å²) < 4.78 is 86.8. The van der Waals surface area contributed by atoms with E-state index in [1.807, 2.05) is 0 Å². The van der Waals surface area contributed by atoms with Gasteiger partial charge >= 0.3 is 12.7 Å². The van der Waals surface area contributed by atoms with E-state index in [1.165, 1.54) is 17.1 Å². The van der Waals surface area contributed by atoms with Gasteiger partial charge in [-0.25, -0.2) is 4.98 Å². The lowest BCUT2D eigenvalue weighted by Crippen LogP contribution is -2.34. The van der Waals surface area contributed by atoms with E-state index < -0.39 is 31.3 Å². The van der Waals surface area contributed by atoms with E-state index in [0.29, 0.717) is 5.57 Å². The highest BCUT2D eigenvalue weighted by atomic mass is 19.4. The molecule has 0 unspecified atom stereocenters. The van der Waals surface area contributed by atoms with Crippen molar-refractivity contribution in [2.75, 3.05) is 13.2 Å². The number of hydrogen-bond donors (Lipinski definition) is 1. The van der Waals surface area contributed by atoms with Gasteiger partial charge in [-0.05, 0) is 19.3 Å². The van der Waals surface area contributed by atoms with Crippen molar-refractivity contribution < 1.29 is 45.0 Å². The Labute approximate surface area is 182 Å². The molecular formula is C18H19F6N5O4. The van der Waals surface area contributed by atoms with E-state index in [1.54, 1.807) is 0 Å². The zero-order chi connectivity index (χ0) is 24.2. The normalized spacial score (nSPS) is 18.7. The van der Waals surface area contributed by atoms with Gasteiger partial charge in [-0.15, -0.1) is 36.5 Å². The average molecular weight is 483 g/mol. The van der Waals surface area contributed by atoms with Gasteiger partial charge in [-0.2, -0.15) is 0 Å². The minimum Gasteiger partial charge on any atom is -0.421 e. The molecule has 2 heterocycles. The summed E-state index contributed by atoms with van der Waals surface area (Å²) in [7, 11) is 0. The molecule has 0 atom stereocenters. The van der Waals surface area contributed by atoms with Crippen molar-refractivity contribution in [3.63, 3.8) is 0 Å². The molecule has 1 saturated carbocycles. The van der Waals surface area contributed by atoms with Crippen molar-refractivity contribution in [3.8, 4) is 0 Å². The summed E-state index contributed by atoms with van der Waals surface area (Å²) in [6, 6.07) is 0. The van der Waals surface area contributed by atoms with Crippen LogP contribution in [0.1, 0.15) is 47.5 Å². The highest BCUT2D eigenvalue weighted by molar-refractivity contribution is 5.92. The zero-order valence-corrected chi connectivity index (χ0v) is 16.9. The lowest BCUT2D eigenvalue weighted by Gasteiger charge is -2.32. The molecule has 0 bridgehead atoms. The summed E-state index contributed by atoms with van der Waals surface area (Å²) in [5.74, 6) is -0.580. The van der Waals surface area contributed by atoms with Crippen LogP contribution >= 0.6 is 0 Å². The first-order valence-electron chi connectivity index (χ1n) is 9.66. The third kappa shape index (κ3) is 7.56. The molecule has 182 valence electrons. The first-order valence-corrected chi connectivity index (χ1v) is 9.66. The second-order valence-electron chi connectivity index (χ2n) is 7.20. The third-order valence-electron chi connectivity index (χ3n) is 4.68. The maximum atomic E-state index is 12.2. The number of carbonyl (C=O) groups excluding carboxylic acids is 1. The Kier molecular flexibility index (Phi) is 7.41. The van der Waals surface area contributed by atoms with Crippen molar-refractivity contribution in [1.82, 2.24) is 25.1 Å². The van der Waals surface area contributed by atoms with Gasteiger partial charge in [-0.1, -0.05) is 6.58 Å². The fraction of sp³-hybridized carbons (Fsp3) is 0.556. The monoisotopic (exact) mass is 483 g/mol. The number of nitrogens with zero attached hydrogens (tertiary/aromatic N) is 4. The molecule has 15 heteroatoms. The number of ether oxygens (including phenoxy) is 2. The molecule has 3 rings (SSSR count). The van der Waals surface area contributed by atoms with Gasteiger partial charge in [0.1, 0.15) is 5.69 Å². The minimum atomic E-state index is -4.73. The number of hydrogen-bond acceptors (Lipinski definition) is 7. The van der Waals surface area contributed by atoms with Crippen molar-refractivity contribution in [2.45, 2.75) is 50.6 Å². The lowest BCUT2D eigenvalue weighted by atomic mass is 9.82. The first-order chi connectivity index (χ1) is 15.4. The molecule has 2 aromatic rings. The second-order valence-corrected chi connectivity index (χ2v) is 7.20. The van der Waals surface area contributed by atoms with E-state index >= 15 is 0 Å². The van der Waals surface area contributed by atoms with Crippen molar-refractivity contribution in [3.05, 3.63) is 36.6 Å². The third-order valence-corrected chi connectivity index (χ3v) is 4.68. The fourth-order valence-electron chi connectivity index (χ4n) is 2.99. The van der Waals surface area contributed by atoms with E-state index in [4.69, 9.17) is 4.42 Å². The predicted molar refractivity (Wildman–Crippen MR) is 97.4 cm³/mol. The number of imidazole rings is 1. The minimum absolute atomic E-state index is 0.00770. The molecule has 0 aliphatic heterocycles. The summed E-state index contributed by atoms with van der Waals surface area (Å²) in [5.41, 5.74) is 0.416. The molecule has 1 aliphatic rings. The Morgan fingerprint density at radius 2 is 1.94 bits per heavy atom. The molecule has 1 fully saturated rings. The molecule has 1 aliphatic carbocycles. The summed E-state index contributed by atoms with van der Waals surface area (Å²) in [6.07, 6.45) is -7.42. The van der Waals surface area contributed by atoms with Crippen LogP contribution in [0.25, 0.3) is 5.57 Å². The van der Waals surface area contributed by atoms with Gasteiger partial charge in [0.2, 0.25) is 11.8 Å². The molecule has 1 N–H and O–H groups in total. The van der Waals surface area contributed by atoms with Gasteiger partial charge in [0, 0.05) is 30.8 Å². The molecular weight excluding hydrogens is 464 g/mol. The summed E-state index contributed by atoms with van der Waals surface area (Å²) in [6.45, 7) is 3.15. The smallest absolute Gasteiger partial charge is 0.421 e. The Bertz CT molecular complexity index is 964. The van der Waals surface area contributed by atoms with Gasteiger partial charge in [-0.3, -0.25) is 14.3 Å². The Hall–Kier alpha value is -2.94. The van der Waals surface area contributed by atoms with Crippen LogP contribution in [0.4, 0.5) is 26.3 Å².